The van der Waals surface area contributed by atoms with Crippen molar-refractivity contribution in [1.29, 1.82) is 0 Å². The second-order valence-electron chi connectivity index (χ2n) is 8.74. The summed E-state index contributed by atoms with van der Waals surface area (Å²) in [5.41, 5.74) is 0. The van der Waals surface area contributed by atoms with Crippen LogP contribution in [0.2, 0.25) is 0 Å². The predicted octanol–water partition coefficient (Wildman–Crippen LogP) is 1.54. The molecule has 3 aliphatic heterocycles. The molecular formula is C24H33N3O5. The van der Waals surface area contributed by atoms with Gasteiger partial charge in [-0.3, -0.25) is 14.4 Å². The van der Waals surface area contributed by atoms with Crippen molar-refractivity contribution >= 4 is 17.7 Å². The third-order valence-electron chi connectivity index (χ3n) is 6.56. The first-order valence-corrected chi connectivity index (χ1v) is 11.8. The van der Waals surface area contributed by atoms with Crippen LogP contribution in [0, 0.1) is 5.92 Å². The molecule has 2 atom stereocenters. The SMILES string of the molecule is O=C(CCOc1ccccc1)N1CCCC(C(=O)N2CCN(C(=O)C3CCCO3)CC2)C1. The van der Waals surface area contributed by atoms with Crippen LogP contribution in [0.4, 0.5) is 0 Å². The van der Waals surface area contributed by atoms with Gasteiger partial charge in [0.05, 0.1) is 18.9 Å². The Kier molecular flexibility index (Phi) is 7.63. The van der Waals surface area contributed by atoms with Gasteiger partial charge in [-0.25, -0.2) is 0 Å². The first-order valence-electron chi connectivity index (χ1n) is 11.8. The molecule has 0 bridgehead atoms. The van der Waals surface area contributed by atoms with Gasteiger partial charge in [0, 0.05) is 45.9 Å². The number of piperidine rings is 1. The average molecular weight is 444 g/mol. The number of likely N-dealkylation sites (tertiary alicyclic amines) is 1. The molecule has 3 aliphatic rings. The maximum atomic E-state index is 13.1. The summed E-state index contributed by atoms with van der Waals surface area (Å²) < 4.78 is 11.1. The lowest BCUT2D eigenvalue weighted by atomic mass is 9.96. The number of para-hydroxylation sites is 1. The number of piperazine rings is 1. The zero-order chi connectivity index (χ0) is 22.3. The molecule has 1 aromatic rings. The molecule has 0 radical (unpaired) electrons. The lowest BCUT2D eigenvalue weighted by molar-refractivity contribution is -0.149. The summed E-state index contributed by atoms with van der Waals surface area (Å²) in [6.07, 6.45) is 3.36. The first-order chi connectivity index (χ1) is 15.6. The number of benzene rings is 1. The highest BCUT2D eigenvalue weighted by Gasteiger charge is 2.35. The van der Waals surface area contributed by atoms with Gasteiger partial charge in [-0.2, -0.15) is 0 Å². The third-order valence-corrected chi connectivity index (χ3v) is 6.56. The van der Waals surface area contributed by atoms with Gasteiger partial charge in [-0.15, -0.1) is 0 Å². The van der Waals surface area contributed by atoms with Gasteiger partial charge in [-0.05, 0) is 37.8 Å². The molecule has 0 aromatic heterocycles. The first kappa shape index (κ1) is 22.6. The van der Waals surface area contributed by atoms with Gasteiger partial charge in [0.25, 0.3) is 5.91 Å². The normalized spacial score (nSPS) is 23.8. The Hall–Kier alpha value is -2.61. The quantitative estimate of drug-likeness (QED) is 0.667. The third kappa shape index (κ3) is 5.59. The van der Waals surface area contributed by atoms with Crippen molar-refractivity contribution in [3.63, 3.8) is 0 Å². The van der Waals surface area contributed by atoms with Crippen LogP contribution in [0.1, 0.15) is 32.1 Å². The molecule has 3 saturated heterocycles. The number of hydrogen-bond donors (Lipinski definition) is 0. The van der Waals surface area contributed by atoms with Crippen LogP contribution in [0.5, 0.6) is 5.75 Å². The number of rotatable bonds is 6. The minimum absolute atomic E-state index is 0.0328. The van der Waals surface area contributed by atoms with E-state index < -0.39 is 0 Å². The molecule has 0 saturated carbocycles. The topological polar surface area (TPSA) is 79.4 Å². The van der Waals surface area contributed by atoms with E-state index in [1.165, 1.54) is 0 Å². The summed E-state index contributed by atoms with van der Waals surface area (Å²) >= 11 is 0. The van der Waals surface area contributed by atoms with E-state index in [1.54, 1.807) is 4.90 Å². The number of ether oxygens (including phenoxy) is 2. The Morgan fingerprint density at radius 1 is 0.875 bits per heavy atom. The number of carbonyl (C=O) groups is 3. The maximum Gasteiger partial charge on any atom is 0.251 e. The Balaban J connectivity index is 1.21. The molecule has 0 aliphatic carbocycles. The Morgan fingerprint density at radius 2 is 1.59 bits per heavy atom. The van der Waals surface area contributed by atoms with Crippen molar-refractivity contribution in [1.82, 2.24) is 14.7 Å². The molecule has 3 amide bonds. The van der Waals surface area contributed by atoms with Gasteiger partial charge >= 0.3 is 0 Å². The molecular weight excluding hydrogens is 410 g/mol. The fraction of sp³-hybridized carbons (Fsp3) is 0.625. The maximum absolute atomic E-state index is 13.1. The number of amides is 3. The number of carbonyl (C=O) groups excluding carboxylic acids is 3. The lowest BCUT2D eigenvalue weighted by Gasteiger charge is -2.39. The van der Waals surface area contributed by atoms with E-state index in [-0.39, 0.29) is 29.7 Å². The Morgan fingerprint density at radius 3 is 2.28 bits per heavy atom. The Bertz CT molecular complexity index is 788. The summed E-state index contributed by atoms with van der Waals surface area (Å²) in [5, 5.41) is 0. The molecule has 3 heterocycles. The zero-order valence-corrected chi connectivity index (χ0v) is 18.6. The van der Waals surface area contributed by atoms with Crippen molar-refractivity contribution in [2.75, 3.05) is 52.5 Å². The van der Waals surface area contributed by atoms with E-state index in [9.17, 15) is 14.4 Å². The molecule has 2 unspecified atom stereocenters. The van der Waals surface area contributed by atoms with E-state index in [1.807, 2.05) is 40.1 Å². The van der Waals surface area contributed by atoms with Gasteiger partial charge in [0.15, 0.2) is 0 Å². The van der Waals surface area contributed by atoms with Crippen molar-refractivity contribution in [3.8, 4) is 5.75 Å². The summed E-state index contributed by atoms with van der Waals surface area (Å²) in [4.78, 5) is 43.7. The van der Waals surface area contributed by atoms with Gasteiger partial charge < -0.3 is 24.2 Å². The van der Waals surface area contributed by atoms with E-state index in [2.05, 4.69) is 0 Å². The van der Waals surface area contributed by atoms with Crippen LogP contribution in [0.25, 0.3) is 0 Å². The second-order valence-corrected chi connectivity index (χ2v) is 8.74. The summed E-state index contributed by atoms with van der Waals surface area (Å²) in [6, 6.07) is 9.46. The summed E-state index contributed by atoms with van der Waals surface area (Å²) in [7, 11) is 0. The van der Waals surface area contributed by atoms with Crippen molar-refractivity contribution in [2.45, 2.75) is 38.2 Å². The van der Waals surface area contributed by atoms with Crippen molar-refractivity contribution < 1.29 is 23.9 Å². The fourth-order valence-corrected chi connectivity index (χ4v) is 4.72. The van der Waals surface area contributed by atoms with E-state index in [0.29, 0.717) is 58.9 Å². The molecule has 174 valence electrons. The summed E-state index contributed by atoms with van der Waals surface area (Å²) in [5.74, 6) is 0.784. The van der Waals surface area contributed by atoms with Crippen LogP contribution in [-0.2, 0) is 19.1 Å². The minimum Gasteiger partial charge on any atom is -0.493 e. The number of hydrogen-bond acceptors (Lipinski definition) is 5. The summed E-state index contributed by atoms with van der Waals surface area (Å²) in [6.45, 7) is 4.35. The van der Waals surface area contributed by atoms with Crippen LogP contribution < -0.4 is 4.74 Å². The van der Waals surface area contributed by atoms with E-state index in [4.69, 9.17) is 9.47 Å². The highest BCUT2D eigenvalue weighted by Crippen LogP contribution is 2.22. The van der Waals surface area contributed by atoms with E-state index in [0.717, 1.165) is 31.4 Å². The van der Waals surface area contributed by atoms with Crippen molar-refractivity contribution in [3.05, 3.63) is 30.3 Å². The highest BCUT2D eigenvalue weighted by molar-refractivity contribution is 5.83. The molecule has 8 nitrogen and oxygen atoms in total. The highest BCUT2D eigenvalue weighted by atomic mass is 16.5. The van der Waals surface area contributed by atoms with Crippen LogP contribution in [0.3, 0.4) is 0 Å². The van der Waals surface area contributed by atoms with Crippen LogP contribution in [0.15, 0.2) is 30.3 Å². The second kappa shape index (κ2) is 10.8. The van der Waals surface area contributed by atoms with E-state index >= 15 is 0 Å². The fourth-order valence-electron chi connectivity index (χ4n) is 4.72. The monoisotopic (exact) mass is 443 g/mol. The van der Waals surface area contributed by atoms with Gasteiger partial charge in [0.2, 0.25) is 11.8 Å². The molecule has 32 heavy (non-hydrogen) atoms. The molecule has 0 spiro atoms. The largest absolute Gasteiger partial charge is 0.493 e. The average Bonchev–Trinajstić information content (AvgIpc) is 3.39. The smallest absolute Gasteiger partial charge is 0.251 e. The standard InChI is InChI=1S/C24H33N3O5/c28-22(10-17-31-20-7-2-1-3-8-20)27-11-4-6-19(18-27)23(29)25-12-14-26(15-13-25)24(30)21-9-5-16-32-21/h1-3,7-8,19,21H,4-6,9-18H2. The molecule has 1 aromatic carbocycles. The van der Waals surface area contributed by atoms with Crippen molar-refractivity contribution in [2.24, 2.45) is 5.92 Å². The lowest BCUT2D eigenvalue weighted by Crippen LogP contribution is -2.55. The zero-order valence-electron chi connectivity index (χ0n) is 18.6. The van der Waals surface area contributed by atoms with Crippen LogP contribution in [-0.4, -0.2) is 91.0 Å². The minimum atomic E-state index is -0.305. The van der Waals surface area contributed by atoms with Gasteiger partial charge in [-0.1, -0.05) is 18.2 Å². The molecule has 0 N–H and O–H groups in total. The van der Waals surface area contributed by atoms with Gasteiger partial charge in [0.1, 0.15) is 11.9 Å². The van der Waals surface area contributed by atoms with Crippen LogP contribution >= 0.6 is 0 Å². The molecule has 4 rings (SSSR count). The molecule has 8 heteroatoms. The molecule has 3 fully saturated rings. The number of nitrogens with zero attached hydrogens (tertiary/aromatic N) is 3. The Labute approximate surface area is 189 Å². The predicted molar refractivity (Wildman–Crippen MR) is 118 cm³/mol.